The zero-order valence-corrected chi connectivity index (χ0v) is 14.8. The SMILES string of the molecule is COc1cccc(N2CCN(C(=O)COc3ccccc3C=O)CC2)c1. The third-order valence-electron chi connectivity index (χ3n) is 4.45. The first kappa shape index (κ1) is 17.8. The average Bonchev–Trinajstić information content (AvgIpc) is 2.72. The van der Waals surface area contributed by atoms with Crippen LogP contribution < -0.4 is 14.4 Å². The molecular weight excluding hydrogens is 332 g/mol. The standard InChI is InChI=1S/C20H22N2O4/c1-25-18-7-4-6-17(13-18)21-9-11-22(12-10-21)20(24)15-26-19-8-3-2-5-16(19)14-23/h2-8,13-14H,9-12,15H2,1H3. The third kappa shape index (κ3) is 4.14. The topological polar surface area (TPSA) is 59.1 Å². The van der Waals surface area contributed by atoms with Gasteiger partial charge in [-0.05, 0) is 24.3 Å². The maximum Gasteiger partial charge on any atom is 0.260 e. The van der Waals surface area contributed by atoms with Gasteiger partial charge in [0.25, 0.3) is 5.91 Å². The summed E-state index contributed by atoms with van der Waals surface area (Å²) in [5.41, 5.74) is 1.54. The Hall–Kier alpha value is -3.02. The molecule has 0 spiro atoms. The first-order valence-electron chi connectivity index (χ1n) is 8.55. The molecule has 0 saturated carbocycles. The van der Waals surface area contributed by atoms with Gasteiger partial charge in [-0.1, -0.05) is 18.2 Å². The number of benzene rings is 2. The number of rotatable bonds is 6. The molecule has 1 aliphatic heterocycles. The summed E-state index contributed by atoms with van der Waals surface area (Å²) >= 11 is 0. The second-order valence-corrected chi connectivity index (χ2v) is 6.01. The van der Waals surface area contributed by atoms with Crippen molar-refractivity contribution in [3.8, 4) is 11.5 Å². The normalized spacial score (nSPS) is 14.0. The Morgan fingerprint density at radius 1 is 1.08 bits per heavy atom. The maximum absolute atomic E-state index is 12.4. The van der Waals surface area contributed by atoms with Crippen LogP contribution in [0.15, 0.2) is 48.5 Å². The van der Waals surface area contributed by atoms with Crippen molar-refractivity contribution in [2.75, 3.05) is 44.8 Å². The van der Waals surface area contributed by atoms with Crippen molar-refractivity contribution in [1.82, 2.24) is 4.90 Å². The Bertz CT molecular complexity index is 770. The van der Waals surface area contributed by atoms with Crippen molar-refractivity contribution in [2.45, 2.75) is 0 Å². The second-order valence-electron chi connectivity index (χ2n) is 6.01. The first-order chi connectivity index (χ1) is 12.7. The van der Waals surface area contributed by atoms with Crippen LogP contribution in [0.25, 0.3) is 0 Å². The second kappa shape index (κ2) is 8.38. The highest BCUT2D eigenvalue weighted by Crippen LogP contribution is 2.22. The van der Waals surface area contributed by atoms with Gasteiger partial charge in [0.15, 0.2) is 12.9 Å². The van der Waals surface area contributed by atoms with Crippen LogP contribution in [0.2, 0.25) is 0 Å². The van der Waals surface area contributed by atoms with E-state index >= 15 is 0 Å². The molecule has 1 fully saturated rings. The molecule has 0 bridgehead atoms. The van der Waals surface area contributed by atoms with Crippen LogP contribution in [-0.4, -0.2) is 57.0 Å². The molecule has 0 radical (unpaired) electrons. The molecule has 136 valence electrons. The fourth-order valence-electron chi connectivity index (χ4n) is 2.96. The van der Waals surface area contributed by atoms with E-state index in [9.17, 15) is 9.59 Å². The zero-order valence-electron chi connectivity index (χ0n) is 14.8. The zero-order chi connectivity index (χ0) is 18.4. The molecule has 6 heteroatoms. The molecule has 6 nitrogen and oxygen atoms in total. The number of hydrogen-bond acceptors (Lipinski definition) is 5. The van der Waals surface area contributed by atoms with Crippen LogP contribution in [0.3, 0.4) is 0 Å². The minimum atomic E-state index is -0.0732. The Morgan fingerprint density at radius 3 is 2.58 bits per heavy atom. The minimum Gasteiger partial charge on any atom is -0.497 e. The van der Waals surface area contributed by atoms with Crippen LogP contribution in [-0.2, 0) is 4.79 Å². The molecule has 0 unspecified atom stereocenters. The summed E-state index contributed by atoms with van der Waals surface area (Å²) in [6, 6.07) is 14.8. The fraction of sp³-hybridized carbons (Fsp3) is 0.300. The van der Waals surface area contributed by atoms with Crippen LogP contribution in [0.4, 0.5) is 5.69 Å². The number of methoxy groups -OCH3 is 1. The van der Waals surface area contributed by atoms with Gasteiger partial charge in [-0.15, -0.1) is 0 Å². The van der Waals surface area contributed by atoms with E-state index in [0.29, 0.717) is 24.4 Å². The van der Waals surface area contributed by atoms with E-state index in [0.717, 1.165) is 30.8 Å². The van der Waals surface area contributed by atoms with Crippen LogP contribution in [0, 0.1) is 0 Å². The number of nitrogens with zero attached hydrogens (tertiary/aromatic N) is 2. The maximum atomic E-state index is 12.4. The number of piperazine rings is 1. The molecule has 1 aliphatic rings. The smallest absolute Gasteiger partial charge is 0.260 e. The molecule has 3 rings (SSSR count). The van der Waals surface area contributed by atoms with Crippen molar-refractivity contribution in [1.29, 1.82) is 0 Å². The van der Waals surface area contributed by atoms with E-state index < -0.39 is 0 Å². The molecule has 0 atom stereocenters. The first-order valence-corrected chi connectivity index (χ1v) is 8.55. The van der Waals surface area contributed by atoms with Crippen molar-refractivity contribution in [3.63, 3.8) is 0 Å². The van der Waals surface area contributed by atoms with Gasteiger partial charge in [-0.2, -0.15) is 0 Å². The molecule has 2 aromatic carbocycles. The van der Waals surface area contributed by atoms with Crippen molar-refractivity contribution < 1.29 is 19.1 Å². The largest absolute Gasteiger partial charge is 0.497 e. The lowest BCUT2D eigenvalue weighted by Crippen LogP contribution is -2.50. The van der Waals surface area contributed by atoms with Gasteiger partial charge in [0, 0.05) is 37.9 Å². The van der Waals surface area contributed by atoms with Crippen molar-refractivity contribution in [2.24, 2.45) is 0 Å². The van der Waals surface area contributed by atoms with Crippen LogP contribution >= 0.6 is 0 Å². The van der Waals surface area contributed by atoms with E-state index in [4.69, 9.17) is 9.47 Å². The summed E-state index contributed by atoms with van der Waals surface area (Å²) in [5.74, 6) is 1.19. The minimum absolute atomic E-state index is 0.0655. The molecule has 1 heterocycles. The molecule has 1 saturated heterocycles. The van der Waals surface area contributed by atoms with Gasteiger partial charge < -0.3 is 19.3 Å². The number of aldehydes is 1. The highest BCUT2D eigenvalue weighted by molar-refractivity contribution is 5.81. The fourth-order valence-corrected chi connectivity index (χ4v) is 2.96. The van der Waals surface area contributed by atoms with Gasteiger partial charge in [0.05, 0.1) is 12.7 Å². The third-order valence-corrected chi connectivity index (χ3v) is 4.45. The molecule has 0 N–H and O–H groups in total. The average molecular weight is 354 g/mol. The predicted octanol–water partition coefficient (Wildman–Crippen LogP) is 2.24. The number of para-hydroxylation sites is 1. The Labute approximate surface area is 152 Å². The number of amides is 1. The summed E-state index contributed by atoms with van der Waals surface area (Å²) in [6.07, 6.45) is 0.729. The molecule has 26 heavy (non-hydrogen) atoms. The Balaban J connectivity index is 1.52. The van der Waals surface area contributed by atoms with Crippen LogP contribution in [0.5, 0.6) is 11.5 Å². The summed E-state index contributed by atoms with van der Waals surface area (Å²) in [5, 5.41) is 0. The lowest BCUT2D eigenvalue weighted by Gasteiger charge is -2.36. The van der Waals surface area contributed by atoms with Crippen molar-refractivity contribution >= 4 is 17.9 Å². The molecule has 1 amide bonds. The number of anilines is 1. The highest BCUT2D eigenvalue weighted by Gasteiger charge is 2.22. The van der Waals surface area contributed by atoms with E-state index in [1.165, 1.54) is 0 Å². The molecule has 0 aliphatic carbocycles. The summed E-state index contributed by atoms with van der Waals surface area (Å²) in [7, 11) is 1.65. The Kier molecular flexibility index (Phi) is 5.73. The van der Waals surface area contributed by atoms with Gasteiger partial charge in [-0.3, -0.25) is 9.59 Å². The highest BCUT2D eigenvalue weighted by atomic mass is 16.5. The lowest BCUT2D eigenvalue weighted by atomic mass is 10.2. The molecule has 0 aromatic heterocycles. The van der Waals surface area contributed by atoms with Gasteiger partial charge in [0.1, 0.15) is 11.5 Å². The Morgan fingerprint density at radius 2 is 1.85 bits per heavy atom. The van der Waals surface area contributed by atoms with Gasteiger partial charge >= 0.3 is 0 Å². The number of ether oxygens (including phenoxy) is 2. The molecule has 2 aromatic rings. The van der Waals surface area contributed by atoms with Gasteiger partial charge in [0.2, 0.25) is 0 Å². The predicted molar refractivity (Wildman–Crippen MR) is 99.1 cm³/mol. The van der Waals surface area contributed by atoms with E-state index in [1.54, 1.807) is 36.3 Å². The quantitative estimate of drug-likeness (QED) is 0.745. The summed E-state index contributed by atoms with van der Waals surface area (Å²) < 4.78 is 10.8. The number of carbonyl (C=O) groups is 2. The molecular formula is C20H22N2O4. The van der Waals surface area contributed by atoms with Crippen LogP contribution in [0.1, 0.15) is 10.4 Å². The van der Waals surface area contributed by atoms with E-state index in [2.05, 4.69) is 4.90 Å². The van der Waals surface area contributed by atoms with E-state index in [-0.39, 0.29) is 12.5 Å². The monoisotopic (exact) mass is 354 g/mol. The van der Waals surface area contributed by atoms with Gasteiger partial charge in [-0.25, -0.2) is 0 Å². The number of hydrogen-bond donors (Lipinski definition) is 0. The number of carbonyl (C=O) groups excluding carboxylic acids is 2. The van der Waals surface area contributed by atoms with E-state index in [1.807, 2.05) is 24.3 Å². The lowest BCUT2D eigenvalue weighted by molar-refractivity contribution is -0.133. The summed E-state index contributed by atoms with van der Waals surface area (Å²) in [4.78, 5) is 27.4. The van der Waals surface area contributed by atoms with Crippen molar-refractivity contribution in [3.05, 3.63) is 54.1 Å². The summed E-state index contributed by atoms with van der Waals surface area (Å²) in [6.45, 7) is 2.71.